The smallest absolute Gasteiger partial charge is 0.222 e. The van der Waals surface area contributed by atoms with Gasteiger partial charge in [0.1, 0.15) is 0 Å². The van der Waals surface area contributed by atoms with Crippen LogP contribution in [0.4, 0.5) is 0 Å². The molecule has 3 N–H and O–H groups in total. The van der Waals surface area contributed by atoms with Crippen LogP contribution in [0.3, 0.4) is 0 Å². The van der Waals surface area contributed by atoms with Crippen molar-refractivity contribution in [3.63, 3.8) is 0 Å². The average Bonchev–Trinajstić information content (AvgIpc) is 2.12. The van der Waals surface area contributed by atoms with E-state index < -0.39 is 0 Å². The minimum atomic E-state index is 0.0549. The monoisotopic (exact) mass is 204 g/mol. The van der Waals surface area contributed by atoms with Gasteiger partial charge in [0.15, 0.2) is 0 Å². The summed E-state index contributed by atoms with van der Waals surface area (Å²) in [6.45, 7) is 3.28. The highest BCUT2D eigenvalue weighted by Crippen LogP contribution is 2.00. The maximum Gasteiger partial charge on any atom is 0.222 e. The molecule has 4 heteroatoms. The largest absolute Gasteiger partial charge is 0.356 e. The fraction of sp³-hybridized carbons (Fsp3) is 0.889. The van der Waals surface area contributed by atoms with E-state index in [1.165, 1.54) is 0 Å². The van der Waals surface area contributed by atoms with E-state index in [9.17, 15) is 4.79 Å². The van der Waals surface area contributed by atoms with Gasteiger partial charge in [-0.3, -0.25) is 4.79 Å². The number of hydrogen-bond donors (Lipinski definition) is 2. The predicted octanol–water partition coefficient (Wildman–Crippen LogP) is 0.841. The lowest BCUT2D eigenvalue weighted by molar-refractivity contribution is -0.124. The first-order chi connectivity index (χ1) is 6.22. The summed E-state index contributed by atoms with van der Waals surface area (Å²) in [5, 5.41) is 2.89. The molecule has 78 valence electrons. The lowest BCUT2D eigenvalue weighted by atomic mass is 10.1. The zero-order valence-electron chi connectivity index (χ0n) is 8.51. The Morgan fingerprint density at radius 2 is 2.31 bits per heavy atom. The summed E-state index contributed by atoms with van der Waals surface area (Å²) >= 11 is 1.80. The average molecular weight is 204 g/mol. The second kappa shape index (κ2) is 8.38. The molecule has 13 heavy (non-hydrogen) atoms. The van der Waals surface area contributed by atoms with Gasteiger partial charge >= 0.3 is 0 Å². The summed E-state index contributed by atoms with van der Waals surface area (Å²) in [5.41, 5.74) is 5.36. The van der Waals surface area contributed by atoms with E-state index in [0.717, 1.165) is 25.1 Å². The summed E-state index contributed by atoms with van der Waals surface area (Å²) in [7, 11) is 0. The van der Waals surface area contributed by atoms with E-state index >= 15 is 0 Å². The number of carbonyl (C=O) groups excluding carboxylic acids is 1. The summed E-state index contributed by atoms with van der Waals surface area (Å²) < 4.78 is 0. The van der Waals surface area contributed by atoms with Crippen molar-refractivity contribution in [2.24, 2.45) is 11.7 Å². The van der Waals surface area contributed by atoms with Crippen molar-refractivity contribution < 1.29 is 4.79 Å². The molecule has 0 aromatic carbocycles. The van der Waals surface area contributed by atoms with Gasteiger partial charge in [-0.05, 0) is 31.4 Å². The molecule has 0 rings (SSSR count). The van der Waals surface area contributed by atoms with Gasteiger partial charge in [0.2, 0.25) is 5.91 Å². The maximum atomic E-state index is 11.3. The van der Waals surface area contributed by atoms with E-state index in [0.29, 0.717) is 6.54 Å². The summed E-state index contributed by atoms with van der Waals surface area (Å²) in [4.78, 5) is 11.3. The Kier molecular flexibility index (Phi) is 8.24. The molecule has 1 atom stereocenters. The molecule has 3 nitrogen and oxygen atoms in total. The molecule has 0 saturated heterocycles. The van der Waals surface area contributed by atoms with Crippen LogP contribution in [0.25, 0.3) is 0 Å². The number of rotatable bonds is 7. The molecule has 1 amide bonds. The van der Waals surface area contributed by atoms with Gasteiger partial charge in [-0.15, -0.1) is 0 Å². The molecular formula is C9H20N2OS. The maximum absolute atomic E-state index is 11.3. The van der Waals surface area contributed by atoms with Gasteiger partial charge in [0.05, 0.1) is 0 Å². The Hall–Kier alpha value is -0.220. The number of amides is 1. The van der Waals surface area contributed by atoms with Crippen molar-refractivity contribution in [3.05, 3.63) is 0 Å². The highest BCUT2D eigenvalue weighted by Gasteiger charge is 2.09. The van der Waals surface area contributed by atoms with Crippen LogP contribution in [0.2, 0.25) is 0 Å². The second-order valence-corrected chi connectivity index (χ2v) is 4.10. The first-order valence-corrected chi connectivity index (χ1v) is 6.08. The fourth-order valence-electron chi connectivity index (χ4n) is 0.983. The standard InChI is InChI=1S/C9H20N2OS/c1-8(4-5-10)9(12)11-6-3-7-13-2/h8H,3-7,10H2,1-2H3,(H,11,12). The van der Waals surface area contributed by atoms with Crippen molar-refractivity contribution in [3.8, 4) is 0 Å². The highest BCUT2D eigenvalue weighted by atomic mass is 32.2. The van der Waals surface area contributed by atoms with E-state index in [1.54, 1.807) is 11.8 Å². The predicted molar refractivity (Wildman–Crippen MR) is 58.8 cm³/mol. The molecule has 0 aliphatic rings. The van der Waals surface area contributed by atoms with Crippen LogP contribution in [0.1, 0.15) is 19.8 Å². The van der Waals surface area contributed by atoms with E-state index in [-0.39, 0.29) is 11.8 Å². The minimum absolute atomic E-state index is 0.0549. The van der Waals surface area contributed by atoms with Crippen LogP contribution in [0, 0.1) is 5.92 Å². The third-order valence-electron chi connectivity index (χ3n) is 1.87. The first-order valence-electron chi connectivity index (χ1n) is 4.69. The molecule has 0 aliphatic carbocycles. The van der Waals surface area contributed by atoms with Crippen LogP contribution in [0.15, 0.2) is 0 Å². The Bertz CT molecular complexity index is 142. The summed E-state index contributed by atoms with van der Waals surface area (Å²) in [6, 6.07) is 0. The minimum Gasteiger partial charge on any atom is -0.356 e. The van der Waals surface area contributed by atoms with Gasteiger partial charge in [-0.2, -0.15) is 11.8 Å². The number of hydrogen-bond acceptors (Lipinski definition) is 3. The van der Waals surface area contributed by atoms with Crippen LogP contribution in [-0.4, -0.2) is 31.0 Å². The van der Waals surface area contributed by atoms with E-state index in [2.05, 4.69) is 11.6 Å². The molecule has 0 aromatic rings. The number of carbonyl (C=O) groups is 1. The SMILES string of the molecule is CSCCCNC(=O)C(C)CCN. The van der Waals surface area contributed by atoms with Gasteiger partial charge in [0.25, 0.3) is 0 Å². The lowest BCUT2D eigenvalue weighted by Crippen LogP contribution is -2.31. The number of nitrogens with one attached hydrogen (secondary N) is 1. The zero-order valence-corrected chi connectivity index (χ0v) is 9.32. The normalized spacial score (nSPS) is 12.5. The summed E-state index contributed by atoms with van der Waals surface area (Å²) in [5.74, 6) is 1.29. The first kappa shape index (κ1) is 12.8. The molecule has 1 unspecified atom stereocenters. The van der Waals surface area contributed by atoms with Crippen molar-refractivity contribution in [2.75, 3.05) is 25.1 Å². The molecule has 0 aliphatic heterocycles. The molecule has 0 fully saturated rings. The van der Waals surface area contributed by atoms with Crippen molar-refractivity contribution >= 4 is 17.7 Å². The lowest BCUT2D eigenvalue weighted by Gasteiger charge is -2.10. The second-order valence-electron chi connectivity index (χ2n) is 3.12. The molecule has 0 heterocycles. The third kappa shape index (κ3) is 6.90. The van der Waals surface area contributed by atoms with Crippen LogP contribution < -0.4 is 11.1 Å². The van der Waals surface area contributed by atoms with Gasteiger partial charge in [-0.1, -0.05) is 6.92 Å². The Balaban J connectivity index is 3.38. The van der Waals surface area contributed by atoms with Gasteiger partial charge in [0, 0.05) is 12.5 Å². The summed E-state index contributed by atoms with van der Waals surface area (Å²) in [6.07, 6.45) is 3.88. The quantitative estimate of drug-likeness (QED) is 0.604. The van der Waals surface area contributed by atoms with E-state index in [4.69, 9.17) is 5.73 Å². The Morgan fingerprint density at radius 3 is 2.85 bits per heavy atom. The molecule has 0 radical (unpaired) electrons. The third-order valence-corrected chi connectivity index (χ3v) is 2.57. The number of nitrogens with two attached hydrogens (primary N) is 1. The molecular weight excluding hydrogens is 184 g/mol. The number of thioether (sulfide) groups is 1. The molecule has 0 bridgehead atoms. The van der Waals surface area contributed by atoms with E-state index in [1.807, 2.05) is 6.92 Å². The highest BCUT2D eigenvalue weighted by molar-refractivity contribution is 7.98. The van der Waals surface area contributed by atoms with Gasteiger partial charge < -0.3 is 11.1 Å². The fourth-order valence-corrected chi connectivity index (χ4v) is 1.42. The van der Waals surface area contributed by atoms with Crippen LogP contribution in [-0.2, 0) is 4.79 Å². The van der Waals surface area contributed by atoms with Gasteiger partial charge in [-0.25, -0.2) is 0 Å². The van der Waals surface area contributed by atoms with Crippen LogP contribution >= 0.6 is 11.8 Å². The molecule has 0 spiro atoms. The topological polar surface area (TPSA) is 55.1 Å². The zero-order chi connectivity index (χ0) is 10.1. The van der Waals surface area contributed by atoms with Crippen molar-refractivity contribution in [1.82, 2.24) is 5.32 Å². The van der Waals surface area contributed by atoms with Crippen molar-refractivity contribution in [2.45, 2.75) is 19.8 Å². The van der Waals surface area contributed by atoms with Crippen LogP contribution in [0.5, 0.6) is 0 Å². The van der Waals surface area contributed by atoms with Crippen molar-refractivity contribution in [1.29, 1.82) is 0 Å². The molecule has 0 saturated carbocycles. The Morgan fingerprint density at radius 1 is 1.62 bits per heavy atom. The molecule has 0 aromatic heterocycles. The Labute approximate surface area is 84.8 Å².